The van der Waals surface area contributed by atoms with Crippen LogP contribution in [0.4, 0.5) is 30.2 Å². The van der Waals surface area contributed by atoms with Gasteiger partial charge in [0.15, 0.2) is 11.6 Å². The van der Waals surface area contributed by atoms with Crippen LogP contribution < -0.4 is 11.1 Å². The molecule has 3 N–H and O–H groups in total. The van der Waals surface area contributed by atoms with Crippen molar-refractivity contribution < 1.29 is 13.2 Å². The summed E-state index contributed by atoms with van der Waals surface area (Å²) in [5.74, 6) is -3.47. The lowest BCUT2D eigenvalue weighted by Gasteiger charge is -2.12. The molecule has 0 aliphatic rings. The van der Waals surface area contributed by atoms with Crippen molar-refractivity contribution in [1.82, 2.24) is 0 Å². The molecule has 0 atom stereocenters. The van der Waals surface area contributed by atoms with Gasteiger partial charge in [0.05, 0.1) is 21.4 Å². The van der Waals surface area contributed by atoms with E-state index in [2.05, 4.69) is 5.32 Å². The summed E-state index contributed by atoms with van der Waals surface area (Å²) in [5, 5.41) is 2.65. The van der Waals surface area contributed by atoms with Crippen LogP contribution in [0.3, 0.4) is 0 Å². The summed E-state index contributed by atoms with van der Waals surface area (Å²) in [6, 6.07) is 3.99. The molecule has 2 rings (SSSR count). The molecule has 2 nitrogen and oxygen atoms in total. The molecule has 0 bridgehead atoms. The molecule has 0 amide bonds. The first kappa shape index (κ1) is 13.8. The summed E-state index contributed by atoms with van der Waals surface area (Å²) in [6.07, 6.45) is 0. The molecule has 0 aromatic heterocycles. The first-order chi connectivity index (χ1) is 8.88. The van der Waals surface area contributed by atoms with Crippen LogP contribution in [-0.2, 0) is 0 Å². The molecular formula is C12H7Cl2F3N2. The fourth-order valence-electron chi connectivity index (χ4n) is 1.49. The van der Waals surface area contributed by atoms with Crippen LogP contribution in [0.15, 0.2) is 24.3 Å². The topological polar surface area (TPSA) is 38.0 Å². The zero-order valence-corrected chi connectivity index (χ0v) is 10.8. The largest absolute Gasteiger partial charge is 0.399 e. The molecule has 0 fully saturated rings. The van der Waals surface area contributed by atoms with Gasteiger partial charge in [0.25, 0.3) is 0 Å². The van der Waals surface area contributed by atoms with Crippen LogP contribution >= 0.6 is 23.2 Å². The molecule has 2 aromatic carbocycles. The first-order valence-electron chi connectivity index (χ1n) is 5.04. The monoisotopic (exact) mass is 306 g/mol. The molecule has 0 aliphatic heterocycles. The van der Waals surface area contributed by atoms with E-state index < -0.39 is 23.1 Å². The summed E-state index contributed by atoms with van der Waals surface area (Å²) >= 11 is 11.8. The second-order valence-electron chi connectivity index (χ2n) is 3.73. The SMILES string of the molecule is Nc1cc(Cl)c(Nc2cc(F)cc(F)c2F)c(Cl)c1. The normalized spacial score (nSPS) is 10.6. The number of hydrogen-bond acceptors (Lipinski definition) is 2. The van der Waals surface area contributed by atoms with E-state index in [0.717, 1.165) is 6.07 Å². The number of anilines is 3. The van der Waals surface area contributed by atoms with Gasteiger partial charge < -0.3 is 11.1 Å². The summed E-state index contributed by atoms with van der Waals surface area (Å²) < 4.78 is 39.6. The van der Waals surface area contributed by atoms with E-state index in [1.165, 1.54) is 12.1 Å². The van der Waals surface area contributed by atoms with Crippen molar-refractivity contribution in [3.63, 3.8) is 0 Å². The first-order valence-corrected chi connectivity index (χ1v) is 5.80. The van der Waals surface area contributed by atoms with E-state index in [-0.39, 0.29) is 15.7 Å². The van der Waals surface area contributed by atoms with Gasteiger partial charge in [-0.05, 0) is 12.1 Å². The molecule has 19 heavy (non-hydrogen) atoms. The Morgan fingerprint density at radius 1 is 0.947 bits per heavy atom. The lowest BCUT2D eigenvalue weighted by Crippen LogP contribution is -2.00. The van der Waals surface area contributed by atoms with Crippen molar-refractivity contribution in [2.45, 2.75) is 0 Å². The van der Waals surface area contributed by atoms with Gasteiger partial charge in [-0.3, -0.25) is 0 Å². The molecule has 0 aliphatic carbocycles. The Labute approximate surface area is 116 Å². The maximum absolute atomic E-state index is 13.5. The minimum atomic E-state index is -1.31. The molecular weight excluding hydrogens is 300 g/mol. The van der Waals surface area contributed by atoms with E-state index in [0.29, 0.717) is 11.8 Å². The van der Waals surface area contributed by atoms with Gasteiger partial charge in [0.1, 0.15) is 5.82 Å². The Morgan fingerprint density at radius 2 is 1.53 bits per heavy atom. The Kier molecular flexibility index (Phi) is 3.78. The second kappa shape index (κ2) is 5.19. The van der Waals surface area contributed by atoms with Crippen LogP contribution in [0.25, 0.3) is 0 Å². The minimum Gasteiger partial charge on any atom is -0.399 e. The highest BCUT2D eigenvalue weighted by Gasteiger charge is 2.14. The van der Waals surface area contributed by atoms with Crippen LogP contribution in [0.1, 0.15) is 0 Å². The number of nitrogens with two attached hydrogens (primary N) is 1. The Bertz CT molecular complexity index is 624. The van der Waals surface area contributed by atoms with Gasteiger partial charge in [-0.15, -0.1) is 0 Å². The van der Waals surface area contributed by atoms with Crippen LogP contribution in [0, 0.1) is 17.5 Å². The van der Waals surface area contributed by atoms with Crippen molar-refractivity contribution in [3.05, 3.63) is 51.8 Å². The Balaban J connectivity index is 2.48. The predicted octanol–water partition coefficient (Wildman–Crippen LogP) is 4.74. The molecule has 0 radical (unpaired) electrons. The number of halogens is 5. The van der Waals surface area contributed by atoms with Crippen molar-refractivity contribution >= 4 is 40.3 Å². The van der Waals surface area contributed by atoms with Gasteiger partial charge in [-0.25, -0.2) is 13.2 Å². The maximum atomic E-state index is 13.5. The summed E-state index contributed by atoms with van der Waals surface area (Å²) in [6.45, 7) is 0. The highest BCUT2D eigenvalue weighted by molar-refractivity contribution is 6.39. The fraction of sp³-hybridized carbons (Fsp3) is 0. The summed E-state index contributed by atoms with van der Waals surface area (Å²) in [7, 11) is 0. The quantitative estimate of drug-likeness (QED) is 0.621. The van der Waals surface area contributed by atoms with E-state index in [4.69, 9.17) is 28.9 Å². The van der Waals surface area contributed by atoms with E-state index >= 15 is 0 Å². The van der Waals surface area contributed by atoms with Crippen LogP contribution in [-0.4, -0.2) is 0 Å². The number of nitrogens with one attached hydrogen (secondary N) is 1. The number of nitrogen functional groups attached to an aromatic ring is 1. The van der Waals surface area contributed by atoms with Crippen molar-refractivity contribution in [3.8, 4) is 0 Å². The van der Waals surface area contributed by atoms with E-state index in [9.17, 15) is 13.2 Å². The lowest BCUT2D eigenvalue weighted by atomic mass is 10.2. The number of rotatable bonds is 2. The van der Waals surface area contributed by atoms with Gasteiger partial charge in [0.2, 0.25) is 0 Å². The standard InChI is InChI=1S/C12H7Cl2F3N2/c13-7-3-6(18)4-8(14)12(7)19-10-2-5(15)1-9(16)11(10)17/h1-4,19H,18H2. The third kappa shape index (κ3) is 2.88. The lowest BCUT2D eigenvalue weighted by molar-refractivity contribution is 0.498. The molecule has 100 valence electrons. The zero-order valence-electron chi connectivity index (χ0n) is 9.28. The highest BCUT2D eigenvalue weighted by atomic mass is 35.5. The molecule has 0 spiro atoms. The third-order valence-corrected chi connectivity index (χ3v) is 2.91. The van der Waals surface area contributed by atoms with Gasteiger partial charge in [-0.2, -0.15) is 0 Å². The molecule has 7 heteroatoms. The average Bonchev–Trinajstić information content (AvgIpc) is 2.29. The fourth-order valence-corrected chi connectivity index (χ4v) is 2.09. The average molecular weight is 307 g/mol. The number of hydrogen-bond donors (Lipinski definition) is 2. The Morgan fingerprint density at radius 3 is 2.11 bits per heavy atom. The van der Waals surface area contributed by atoms with Crippen LogP contribution in [0.2, 0.25) is 10.0 Å². The predicted molar refractivity (Wildman–Crippen MR) is 70.5 cm³/mol. The highest BCUT2D eigenvalue weighted by Crippen LogP contribution is 2.36. The smallest absolute Gasteiger partial charge is 0.182 e. The molecule has 2 aromatic rings. The minimum absolute atomic E-state index is 0.106. The molecule has 0 saturated heterocycles. The van der Waals surface area contributed by atoms with Gasteiger partial charge >= 0.3 is 0 Å². The third-order valence-electron chi connectivity index (χ3n) is 2.32. The molecule has 0 heterocycles. The zero-order chi connectivity index (χ0) is 14.2. The number of benzene rings is 2. The summed E-state index contributed by atoms with van der Waals surface area (Å²) in [5.41, 5.74) is 5.52. The van der Waals surface area contributed by atoms with Crippen LogP contribution in [0.5, 0.6) is 0 Å². The van der Waals surface area contributed by atoms with E-state index in [1.807, 2.05) is 0 Å². The van der Waals surface area contributed by atoms with E-state index in [1.54, 1.807) is 0 Å². The maximum Gasteiger partial charge on any atom is 0.182 e. The van der Waals surface area contributed by atoms with Gasteiger partial charge in [0, 0.05) is 17.8 Å². The van der Waals surface area contributed by atoms with Gasteiger partial charge in [-0.1, -0.05) is 23.2 Å². The van der Waals surface area contributed by atoms with Crippen molar-refractivity contribution in [2.75, 3.05) is 11.1 Å². The van der Waals surface area contributed by atoms with Crippen molar-refractivity contribution in [1.29, 1.82) is 0 Å². The van der Waals surface area contributed by atoms with Crippen molar-refractivity contribution in [2.24, 2.45) is 0 Å². The second-order valence-corrected chi connectivity index (χ2v) is 4.55. The molecule has 0 saturated carbocycles. The Hall–Kier alpha value is -1.59. The molecule has 0 unspecified atom stereocenters. The summed E-state index contributed by atoms with van der Waals surface area (Å²) in [4.78, 5) is 0.